The van der Waals surface area contributed by atoms with E-state index in [-0.39, 0.29) is 0 Å². The Morgan fingerprint density at radius 3 is 1.50 bits per heavy atom. The Bertz CT molecular complexity index is 68.1. The van der Waals surface area contributed by atoms with Crippen molar-refractivity contribution in [2.45, 2.75) is 59.8 Å². The molecule has 1 rings (SSSR count). The third kappa shape index (κ3) is 33.1. The Hall–Kier alpha value is -0.260. The molecule has 1 saturated carbocycles. The van der Waals surface area contributed by atoms with E-state index in [0.29, 0.717) is 0 Å². The van der Waals surface area contributed by atoms with Crippen LogP contribution < -0.4 is 0 Å². The van der Waals surface area contributed by atoms with E-state index in [1.54, 1.807) is 6.08 Å². The van der Waals surface area contributed by atoms with E-state index in [9.17, 15) is 0 Å². The molecule has 0 aromatic heterocycles. The number of unbranched alkanes of at least 4 members (excludes halogenated alkanes) is 2. The Kier molecular flexibility index (Phi) is 15.9. The molecule has 0 atom stereocenters. The molecular weight excluding hydrogens is 144 g/mol. The molecule has 1 aliphatic carbocycles. The van der Waals surface area contributed by atoms with Crippen LogP contribution in [0.25, 0.3) is 0 Å². The first-order valence-electron chi connectivity index (χ1n) is 5.29. The molecule has 1 fully saturated rings. The van der Waals surface area contributed by atoms with Gasteiger partial charge in [-0.25, -0.2) is 0 Å². The lowest BCUT2D eigenvalue weighted by Crippen LogP contribution is -1.59. The van der Waals surface area contributed by atoms with Gasteiger partial charge in [0.1, 0.15) is 0 Å². The van der Waals surface area contributed by atoms with E-state index in [0.717, 1.165) is 5.92 Å². The first kappa shape index (κ1) is 14.3. The molecule has 12 heavy (non-hydrogen) atoms. The predicted octanol–water partition coefficient (Wildman–Crippen LogP) is 4.81. The third-order valence-corrected chi connectivity index (χ3v) is 1.57. The molecule has 0 heteroatoms. The second-order valence-electron chi connectivity index (χ2n) is 3.44. The summed E-state index contributed by atoms with van der Waals surface area (Å²) in [6.45, 7) is 12.0. The topological polar surface area (TPSA) is 0 Å². The van der Waals surface area contributed by atoms with Crippen molar-refractivity contribution >= 4 is 0 Å². The summed E-state index contributed by atoms with van der Waals surface area (Å²) in [6.07, 6.45) is 8.80. The molecule has 0 aromatic carbocycles. The fraction of sp³-hybridized carbons (Fsp3) is 0.833. The zero-order valence-corrected chi connectivity index (χ0v) is 9.40. The maximum atomic E-state index is 3.36. The highest BCUT2D eigenvalue weighted by atomic mass is 14.2. The summed E-state index contributed by atoms with van der Waals surface area (Å²) in [5.41, 5.74) is 0. The number of allylic oxidation sites excluding steroid dienone is 1. The minimum Gasteiger partial charge on any atom is -0.103 e. The Labute approximate surface area is 79.1 Å². The molecule has 0 heterocycles. The van der Waals surface area contributed by atoms with Crippen LogP contribution in [-0.2, 0) is 0 Å². The minimum absolute atomic E-state index is 1.08. The van der Waals surface area contributed by atoms with Gasteiger partial charge in [-0.15, -0.1) is 6.58 Å². The van der Waals surface area contributed by atoms with Crippen LogP contribution in [0, 0.1) is 5.92 Å². The smallest absolute Gasteiger partial charge is 0.0443 e. The highest BCUT2D eigenvalue weighted by Gasteiger charge is 2.12. The highest BCUT2D eigenvalue weighted by Crippen LogP contribution is 2.26. The van der Waals surface area contributed by atoms with Gasteiger partial charge in [0, 0.05) is 0 Å². The van der Waals surface area contributed by atoms with Crippen LogP contribution in [0.4, 0.5) is 0 Å². The number of hydrogen-bond donors (Lipinski definition) is 0. The average Bonchev–Trinajstić information content (AvgIpc) is 2.76. The van der Waals surface area contributed by atoms with Gasteiger partial charge < -0.3 is 0 Å². The van der Waals surface area contributed by atoms with E-state index >= 15 is 0 Å². The molecule has 0 amide bonds. The van der Waals surface area contributed by atoms with E-state index in [2.05, 4.69) is 27.4 Å². The zero-order chi connectivity index (χ0) is 9.82. The second kappa shape index (κ2) is 13.3. The summed E-state index contributed by atoms with van der Waals surface area (Å²) in [7, 11) is 0. The Morgan fingerprint density at radius 1 is 1.25 bits per heavy atom. The van der Waals surface area contributed by atoms with Crippen LogP contribution in [0.2, 0.25) is 0 Å². The van der Waals surface area contributed by atoms with Crippen molar-refractivity contribution in [2.24, 2.45) is 5.92 Å². The van der Waals surface area contributed by atoms with E-state index in [1.807, 2.05) is 6.92 Å². The van der Waals surface area contributed by atoms with Crippen molar-refractivity contribution in [1.82, 2.24) is 0 Å². The SMILES string of the molecule is C=CC.CC1CC1.CCCCC. The van der Waals surface area contributed by atoms with Crippen molar-refractivity contribution in [2.75, 3.05) is 0 Å². The number of hydrogen-bond acceptors (Lipinski definition) is 0. The molecule has 74 valence electrons. The van der Waals surface area contributed by atoms with Crippen LogP contribution in [0.15, 0.2) is 12.7 Å². The Morgan fingerprint density at radius 2 is 1.50 bits per heavy atom. The van der Waals surface area contributed by atoms with Crippen molar-refractivity contribution in [3.63, 3.8) is 0 Å². The first-order valence-corrected chi connectivity index (χ1v) is 5.29. The summed E-state index contributed by atoms with van der Waals surface area (Å²) in [6, 6.07) is 0. The fourth-order valence-electron chi connectivity index (χ4n) is 0.520. The van der Waals surface area contributed by atoms with Gasteiger partial charge in [-0.1, -0.05) is 59.0 Å². The zero-order valence-electron chi connectivity index (χ0n) is 9.40. The van der Waals surface area contributed by atoms with Crippen molar-refractivity contribution < 1.29 is 0 Å². The summed E-state index contributed by atoms with van der Waals surface area (Å²) in [5, 5.41) is 0. The van der Waals surface area contributed by atoms with Gasteiger partial charge >= 0.3 is 0 Å². The van der Waals surface area contributed by atoms with Crippen LogP contribution in [-0.4, -0.2) is 0 Å². The quantitative estimate of drug-likeness (QED) is 0.522. The normalized spacial score (nSPS) is 13.3. The predicted molar refractivity (Wildman–Crippen MR) is 59.5 cm³/mol. The van der Waals surface area contributed by atoms with E-state index in [4.69, 9.17) is 0 Å². The molecule has 0 aliphatic heterocycles. The molecule has 0 N–H and O–H groups in total. The lowest BCUT2D eigenvalue weighted by Gasteiger charge is -1.79. The van der Waals surface area contributed by atoms with Crippen LogP contribution >= 0.6 is 0 Å². The van der Waals surface area contributed by atoms with Gasteiger partial charge in [-0.2, -0.15) is 0 Å². The maximum Gasteiger partial charge on any atom is -0.0443 e. The number of rotatable bonds is 2. The molecular formula is C12H26. The molecule has 0 unspecified atom stereocenters. The molecule has 0 spiro atoms. The summed E-state index contributed by atoms with van der Waals surface area (Å²) < 4.78 is 0. The maximum absolute atomic E-state index is 3.36. The Balaban J connectivity index is 0. The molecule has 0 radical (unpaired) electrons. The largest absolute Gasteiger partial charge is 0.103 e. The van der Waals surface area contributed by atoms with Gasteiger partial charge in [0.15, 0.2) is 0 Å². The molecule has 0 saturated heterocycles. The fourth-order valence-corrected chi connectivity index (χ4v) is 0.520. The van der Waals surface area contributed by atoms with E-state index < -0.39 is 0 Å². The average molecular weight is 170 g/mol. The summed E-state index contributed by atoms with van der Waals surface area (Å²) in [5.74, 6) is 1.08. The van der Waals surface area contributed by atoms with Gasteiger partial charge in [0.05, 0.1) is 0 Å². The molecule has 1 aliphatic rings. The van der Waals surface area contributed by atoms with Crippen LogP contribution in [0.1, 0.15) is 59.8 Å². The summed E-state index contributed by atoms with van der Waals surface area (Å²) >= 11 is 0. The van der Waals surface area contributed by atoms with Gasteiger partial charge in [0.2, 0.25) is 0 Å². The van der Waals surface area contributed by atoms with Crippen molar-refractivity contribution in [1.29, 1.82) is 0 Å². The van der Waals surface area contributed by atoms with Gasteiger partial charge in [0.25, 0.3) is 0 Å². The van der Waals surface area contributed by atoms with E-state index in [1.165, 1.54) is 32.1 Å². The minimum atomic E-state index is 1.08. The third-order valence-electron chi connectivity index (χ3n) is 1.57. The lowest BCUT2D eigenvalue weighted by molar-refractivity contribution is 0.772. The molecule has 0 aromatic rings. The van der Waals surface area contributed by atoms with Gasteiger partial charge in [-0.3, -0.25) is 0 Å². The highest BCUT2D eigenvalue weighted by molar-refractivity contribution is 4.65. The standard InChI is InChI=1S/C5H12.C4H8.C3H6/c1-3-5-4-2;1-4-2-3-4;1-3-2/h3-5H2,1-2H3;4H,2-3H2,1H3;3H,1H2,2H3. The summed E-state index contributed by atoms with van der Waals surface area (Å²) in [4.78, 5) is 0. The van der Waals surface area contributed by atoms with Crippen molar-refractivity contribution in [3.05, 3.63) is 12.7 Å². The van der Waals surface area contributed by atoms with Gasteiger partial charge in [-0.05, 0) is 12.8 Å². The monoisotopic (exact) mass is 170 g/mol. The second-order valence-corrected chi connectivity index (χ2v) is 3.44. The van der Waals surface area contributed by atoms with Crippen molar-refractivity contribution in [3.8, 4) is 0 Å². The van der Waals surface area contributed by atoms with Crippen LogP contribution in [0.5, 0.6) is 0 Å². The first-order chi connectivity index (χ1) is 5.72. The van der Waals surface area contributed by atoms with Crippen LogP contribution in [0.3, 0.4) is 0 Å². The molecule has 0 nitrogen and oxygen atoms in total. The molecule has 0 bridgehead atoms. The lowest BCUT2D eigenvalue weighted by atomic mass is 10.3.